The van der Waals surface area contributed by atoms with Gasteiger partial charge in [-0.1, -0.05) is 23.4 Å². The molecule has 1 N–H and O–H groups in total. The van der Waals surface area contributed by atoms with E-state index in [9.17, 15) is 4.79 Å². The maximum absolute atomic E-state index is 12.3. The Balaban J connectivity index is 1.64. The average molecular weight is 347 g/mol. The second-order valence-electron chi connectivity index (χ2n) is 5.40. The first-order valence-corrected chi connectivity index (χ1v) is 8.54. The van der Waals surface area contributed by atoms with Gasteiger partial charge < -0.3 is 9.88 Å². The molecule has 1 heterocycles. The van der Waals surface area contributed by atoms with Gasteiger partial charge in [0.2, 0.25) is 5.91 Å². The molecule has 1 amide bonds. The van der Waals surface area contributed by atoms with Gasteiger partial charge in [-0.25, -0.2) is 4.98 Å². The maximum atomic E-state index is 12.3. The molecule has 1 aliphatic carbocycles. The van der Waals surface area contributed by atoms with Crippen molar-refractivity contribution >= 4 is 35.0 Å². The average Bonchev–Trinajstić information content (AvgIpc) is 3.27. The van der Waals surface area contributed by atoms with E-state index in [1.54, 1.807) is 24.4 Å². The number of amides is 1. The molecule has 0 aliphatic heterocycles. The third-order valence-electron chi connectivity index (χ3n) is 3.58. The quantitative estimate of drug-likeness (QED) is 0.834. The smallest absolute Gasteiger partial charge is 0.237 e. The third kappa shape index (κ3) is 3.69. The molecular formula is C16H15ClN4OS. The van der Waals surface area contributed by atoms with E-state index in [1.165, 1.54) is 24.6 Å². The Morgan fingerprint density at radius 2 is 2.35 bits per heavy atom. The monoisotopic (exact) mass is 346 g/mol. The molecule has 1 saturated carbocycles. The molecule has 1 atom stereocenters. The van der Waals surface area contributed by atoms with Gasteiger partial charge >= 0.3 is 0 Å². The standard InChI is InChI=1S/C16H15ClN4OS/c1-10(23-16-19-6-7-21(16)13-4-5-13)15(22)20-12-3-2-11(9-18)14(17)8-12/h2-3,6-8,10,13H,4-5H2,1H3,(H,20,22). The van der Waals surface area contributed by atoms with E-state index >= 15 is 0 Å². The van der Waals surface area contributed by atoms with Crippen LogP contribution in [0.5, 0.6) is 0 Å². The van der Waals surface area contributed by atoms with E-state index < -0.39 is 0 Å². The van der Waals surface area contributed by atoms with Crippen LogP contribution in [0.3, 0.4) is 0 Å². The van der Waals surface area contributed by atoms with Crippen LogP contribution in [0.15, 0.2) is 35.7 Å². The number of imidazole rings is 1. The zero-order chi connectivity index (χ0) is 16.4. The number of hydrogen-bond donors (Lipinski definition) is 1. The number of anilines is 1. The first-order chi connectivity index (χ1) is 11.1. The number of halogens is 1. The van der Waals surface area contributed by atoms with Crippen LogP contribution >= 0.6 is 23.4 Å². The Kier molecular flexibility index (Phi) is 4.60. The molecule has 5 nitrogen and oxygen atoms in total. The lowest BCUT2D eigenvalue weighted by Crippen LogP contribution is -2.22. The lowest BCUT2D eigenvalue weighted by Gasteiger charge is -2.13. The summed E-state index contributed by atoms with van der Waals surface area (Å²) >= 11 is 7.42. The van der Waals surface area contributed by atoms with Crippen LogP contribution < -0.4 is 5.32 Å². The first-order valence-electron chi connectivity index (χ1n) is 7.28. The van der Waals surface area contributed by atoms with Crippen LogP contribution in [0.2, 0.25) is 5.02 Å². The number of nitriles is 1. The molecule has 118 valence electrons. The van der Waals surface area contributed by atoms with Crippen molar-refractivity contribution in [3.8, 4) is 6.07 Å². The highest BCUT2D eigenvalue weighted by Gasteiger charge is 2.27. The molecule has 1 aromatic carbocycles. The minimum atomic E-state index is -0.288. The van der Waals surface area contributed by atoms with Crippen LogP contribution in [-0.4, -0.2) is 20.7 Å². The summed E-state index contributed by atoms with van der Waals surface area (Å²) < 4.78 is 2.13. The molecule has 2 aromatic rings. The first kappa shape index (κ1) is 15.9. The molecule has 1 aromatic heterocycles. The van der Waals surface area contributed by atoms with E-state index in [2.05, 4.69) is 14.9 Å². The normalized spacial score (nSPS) is 15.0. The van der Waals surface area contributed by atoms with Gasteiger partial charge in [0.1, 0.15) is 6.07 Å². The fourth-order valence-electron chi connectivity index (χ4n) is 2.16. The SMILES string of the molecule is CC(Sc1nccn1C1CC1)C(=O)Nc1ccc(C#N)c(Cl)c1. The van der Waals surface area contributed by atoms with Gasteiger partial charge in [0.15, 0.2) is 5.16 Å². The van der Waals surface area contributed by atoms with Gasteiger partial charge in [-0.3, -0.25) is 4.79 Å². The molecule has 1 aliphatic rings. The van der Waals surface area contributed by atoms with E-state index in [-0.39, 0.29) is 11.2 Å². The highest BCUT2D eigenvalue weighted by Crippen LogP contribution is 2.38. The summed E-state index contributed by atoms with van der Waals surface area (Å²) in [7, 11) is 0. The molecule has 23 heavy (non-hydrogen) atoms. The molecule has 1 fully saturated rings. The van der Waals surface area contributed by atoms with Crippen LogP contribution in [0, 0.1) is 11.3 Å². The van der Waals surface area contributed by atoms with Crippen LogP contribution in [0.4, 0.5) is 5.69 Å². The number of carbonyl (C=O) groups is 1. The topological polar surface area (TPSA) is 70.7 Å². The number of rotatable bonds is 5. The van der Waals surface area contributed by atoms with Crippen molar-refractivity contribution in [1.82, 2.24) is 9.55 Å². The van der Waals surface area contributed by atoms with Crippen molar-refractivity contribution in [3.05, 3.63) is 41.2 Å². The number of nitrogens with one attached hydrogen (secondary N) is 1. The molecule has 7 heteroatoms. The Labute approximate surface area is 143 Å². The van der Waals surface area contributed by atoms with Crippen molar-refractivity contribution in [2.75, 3.05) is 5.32 Å². The van der Waals surface area contributed by atoms with Crippen LogP contribution in [0.25, 0.3) is 0 Å². The van der Waals surface area contributed by atoms with Crippen molar-refractivity contribution in [1.29, 1.82) is 5.26 Å². The van der Waals surface area contributed by atoms with Crippen molar-refractivity contribution in [2.24, 2.45) is 0 Å². The van der Waals surface area contributed by atoms with Crippen LogP contribution in [-0.2, 0) is 4.79 Å². The number of carbonyl (C=O) groups excluding carboxylic acids is 1. The molecule has 1 unspecified atom stereocenters. The Morgan fingerprint density at radius 1 is 1.57 bits per heavy atom. The lowest BCUT2D eigenvalue weighted by molar-refractivity contribution is -0.115. The Morgan fingerprint density at radius 3 is 3.00 bits per heavy atom. The molecule has 0 bridgehead atoms. The van der Waals surface area contributed by atoms with E-state index in [0.717, 1.165) is 5.16 Å². The number of aromatic nitrogens is 2. The van der Waals surface area contributed by atoms with E-state index in [0.29, 0.717) is 22.3 Å². The van der Waals surface area contributed by atoms with Gasteiger partial charge in [-0.05, 0) is 38.0 Å². The largest absolute Gasteiger partial charge is 0.325 e. The van der Waals surface area contributed by atoms with Crippen molar-refractivity contribution in [3.63, 3.8) is 0 Å². The van der Waals surface area contributed by atoms with Gasteiger partial charge in [-0.15, -0.1) is 0 Å². The number of hydrogen-bond acceptors (Lipinski definition) is 4. The molecule has 0 radical (unpaired) electrons. The van der Waals surface area contributed by atoms with Crippen molar-refractivity contribution in [2.45, 2.75) is 36.2 Å². The molecule has 0 saturated heterocycles. The second kappa shape index (κ2) is 6.65. The highest BCUT2D eigenvalue weighted by molar-refractivity contribution is 8.00. The number of thioether (sulfide) groups is 1. The van der Waals surface area contributed by atoms with Gasteiger partial charge in [0.25, 0.3) is 0 Å². The molecule has 0 spiro atoms. The maximum Gasteiger partial charge on any atom is 0.237 e. The minimum Gasteiger partial charge on any atom is -0.325 e. The van der Waals surface area contributed by atoms with Gasteiger partial charge in [0, 0.05) is 24.1 Å². The van der Waals surface area contributed by atoms with E-state index in [4.69, 9.17) is 16.9 Å². The predicted octanol–water partition coefficient (Wildman–Crippen LogP) is 3.86. The predicted molar refractivity (Wildman–Crippen MR) is 90.6 cm³/mol. The fourth-order valence-corrected chi connectivity index (χ4v) is 3.32. The van der Waals surface area contributed by atoms with Crippen LogP contribution in [0.1, 0.15) is 31.4 Å². The molecule has 3 rings (SSSR count). The zero-order valence-corrected chi connectivity index (χ0v) is 14.1. The number of benzene rings is 1. The fraction of sp³-hybridized carbons (Fsp3) is 0.312. The summed E-state index contributed by atoms with van der Waals surface area (Å²) in [6.45, 7) is 1.84. The highest BCUT2D eigenvalue weighted by atomic mass is 35.5. The Bertz CT molecular complexity index is 779. The summed E-state index contributed by atoms with van der Waals surface area (Å²) in [4.78, 5) is 16.7. The van der Waals surface area contributed by atoms with Gasteiger partial charge in [-0.2, -0.15) is 5.26 Å². The number of nitrogens with zero attached hydrogens (tertiary/aromatic N) is 3. The summed E-state index contributed by atoms with van der Waals surface area (Å²) in [5.41, 5.74) is 0.968. The Hall–Kier alpha value is -1.97. The summed E-state index contributed by atoms with van der Waals surface area (Å²) in [6.07, 6.45) is 6.08. The minimum absolute atomic E-state index is 0.124. The van der Waals surface area contributed by atoms with E-state index in [1.807, 2.05) is 19.2 Å². The summed E-state index contributed by atoms with van der Waals surface area (Å²) in [5.74, 6) is -0.124. The van der Waals surface area contributed by atoms with Crippen molar-refractivity contribution < 1.29 is 4.79 Å². The van der Waals surface area contributed by atoms with Gasteiger partial charge in [0.05, 0.1) is 15.8 Å². The molecular weight excluding hydrogens is 332 g/mol. The summed E-state index contributed by atoms with van der Waals surface area (Å²) in [6, 6.07) is 7.37. The third-order valence-corrected chi connectivity index (χ3v) is 4.99. The lowest BCUT2D eigenvalue weighted by atomic mass is 10.2. The zero-order valence-electron chi connectivity index (χ0n) is 12.5. The summed E-state index contributed by atoms with van der Waals surface area (Å²) in [5, 5.41) is 12.6. The second-order valence-corrected chi connectivity index (χ2v) is 7.12.